The van der Waals surface area contributed by atoms with Gasteiger partial charge in [-0.15, -0.1) is 0 Å². The predicted molar refractivity (Wildman–Crippen MR) is 151 cm³/mol. The fourth-order valence-electron chi connectivity index (χ4n) is 7.36. The van der Waals surface area contributed by atoms with Gasteiger partial charge in [-0.1, -0.05) is 78.9 Å². The maximum Gasteiger partial charge on any atom is 0.170 e. The number of allylic oxidation sites excluding steroid dienone is 8. The standard InChI is InChI=1S/C35H34O4/c36-32-26-18-16-24(22-10-4-1-5-11-22)20-30(26)34(38)28(32)14-8-3-9-15-29-33(37)27-19-17-25(21-31(27)35(29)39)23-12-6-2-7-13-23/h1-15,24-27,30-31,38H,16-21H2. The summed E-state index contributed by atoms with van der Waals surface area (Å²) in [5, 5.41) is 10.9. The highest BCUT2D eigenvalue weighted by Gasteiger charge is 2.48. The molecule has 6 atom stereocenters. The summed E-state index contributed by atoms with van der Waals surface area (Å²) in [5.41, 5.74) is 3.19. The summed E-state index contributed by atoms with van der Waals surface area (Å²) < 4.78 is 0. The van der Waals surface area contributed by atoms with Crippen LogP contribution in [0.15, 0.2) is 108 Å². The molecule has 3 fully saturated rings. The van der Waals surface area contributed by atoms with Crippen molar-refractivity contribution in [1.29, 1.82) is 0 Å². The lowest BCUT2D eigenvalue weighted by atomic mass is 9.72. The van der Waals surface area contributed by atoms with Gasteiger partial charge in [0, 0.05) is 23.7 Å². The van der Waals surface area contributed by atoms with E-state index >= 15 is 0 Å². The zero-order chi connectivity index (χ0) is 26.9. The normalized spacial score (nSPS) is 32.0. The van der Waals surface area contributed by atoms with Gasteiger partial charge in [0.05, 0.1) is 11.1 Å². The van der Waals surface area contributed by atoms with Crippen molar-refractivity contribution in [2.75, 3.05) is 0 Å². The summed E-state index contributed by atoms with van der Waals surface area (Å²) >= 11 is 0. The molecule has 39 heavy (non-hydrogen) atoms. The molecule has 0 aliphatic heterocycles. The van der Waals surface area contributed by atoms with Crippen LogP contribution in [0.25, 0.3) is 0 Å². The molecule has 0 amide bonds. The third-order valence-electron chi connectivity index (χ3n) is 9.42. The summed E-state index contributed by atoms with van der Waals surface area (Å²) in [6, 6.07) is 20.6. The maximum atomic E-state index is 13.1. The Labute approximate surface area is 229 Å². The Balaban J connectivity index is 1.11. The van der Waals surface area contributed by atoms with Crippen LogP contribution in [-0.4, -0.2) is 22.5 Å². The van der Waals surface area contributed by atoms with Crippen molar-refractivity contribution < 1.29 is 19.5 Å². The average Bonchev–Trinajstić information content (AvgIpc) is 3.37. The molecule has 198 valence electrons. The van der Waals surface area contributed by atoms with Crippen molar-refractivity contribution in [3.8, 4) is 0 Å². The molecular weight excluding hydrogens is 484 g/mol. The lowest BCUT2D eigenvalue weighted by Gasteiger charge is -2.31. The first kappa shape index (κ1) is 25.5. The van der Waals surface area contributed by atoms with E-state index in [1.54, 1.807) is 30.4 Å². The van der Waals surface area contributed by atoms with Crippen molar-refractivity contribution in [2.24, 2.45) is 23.7 Å². The first-order valence-electron chi connectivity index (χ1n) is 14.2. The number of fused-ring (bicyclic) bond motifs is 2. The topological polar surface area (TPSA) is 71.4 Å². The van der Waals surface area contributed by atoms with E-state index in [0.717, 1.165) is 38.5 Å². The average molecular weight is 519 g/mol. The van der Waals surface area contributed by atoms with Gasteiger partial charge in [-0.25, -0.2) is 0 Å². The molecule has 6 unspecified atom stereocenters. The molecule has 0 spiro atoms. The quantitative estimate of drug-likeness (QED) is 0.264. The molecule has 3 saturated carbocycles. The van der Waals surface area contributed by atoms with E-state index in [0.29, 0.717) is 23.0 Å². The van der Waals surface area contributed by atoms with E-state index in [-0.39, 0.29) is 46.8 Å². The molecule has 4 nitrogen and oxygen atoms in total. The minimum atomic E-state index is -0.229. The number of hydrogen-bond donors (Lipinski definition) is 1. The Kier molecular flexibility index (Phi) is 7.03. The van der Waals surface area contributed by atoms with Crippen LogP contribution in [0.1, 0.15) is 61.5 Å². The molecule has 4 heteroatoms. The number of carbonyl (C=O) groups excluding carboxylic acids is 3. The minimum absolute atomic E-state index is 0.0187. The smallest absolute Gasteiger partial charge is 0.170 e. The van der Waals surface area contributed by atoms with Crippen LogP contribution in [0.3, 0.4) is 0 Å². The molecule has 0 radical (unpaired) electrons. The SMILES string of the molecule is O=C1C(=CC=CC=CC2=C(O)C3CC(c4ccccc4)CCC3C2=O)C(=O)C2CC(c3ccccc3)CCC12. The van der Waals surface area contributed by atoms with Crippen molar-refractivity contribution in [2.45, 2.75) is 50.4 Å². The Morgan fingerprint density at radius 1 is 0.590 bits per heavy atom. The summed E-state index contributed by atoms with van der Waals surface area (Å²) in [7, 11) is 0. The predicted octanol–water partition coefficient (Wildman–Crippen LogP) is 6.97. The summed E-state index contributed by atoms with van der Waals surface area (Å²) in [6.07, 6.45) is 13.4. The molecule has 0 saturated heterocycles. The van der Waals surface area contributed by atoms with Crippen LogP contribution < -0.4 is 0 Å². The van der Waals surface area contributed by atoms with Gasteiger partial charge in [-0.05, 0) is 73.6 Å². The molecule has 1 N–H and O–H groups in total. The van der Waals surface area contributed by atoms with Crippen molar-refractivity contribution >= 4 is 17.3 Å². The van der Waals surface area contributed by atoms with Crippen LogP contribution in [0, 0.1) is 23.7 Å². The van der Waals surface area contributed by atoms with Gasteiger partial charge in [0.2, 0.25) is 0 Å². The van der Waals surface area contributed by atoms with E-state index in [4.69, 9.17) is 0 Å². The van der Waals surface area contributed by atoms with E-state index in [1.165, 1.54) is 11.1 Å². The van der Waals surface area contributed by atoms with Crippen LogP contribution in [0.2, 0.25) is 0 Å². The second-order valence-corrected chi connectivity index (χ2v) is 11.5. The molecule has 4 aliphatic rings. The van der Waals surface area contributed by atoms with Crippen LogP contribution in [0.5, 0.6) is 0 Å². The second-order valence-electron chi connectivity index (χ2n) is 11.5. The Hall–Kier alpha value is -3.79. The number of aliphatic hydroxyl groups is 1. The van der Waals surface area contributed by atoms with Gasteiger partial charge in [-0.3, -0.25) is 14.4 Å². The van der Waals surface area contributed by atoms with Crippen LogP contribution >= 0.6 is 0 Å². The van der Waals surface area contributed by atoms with Crippen molar-refractivity contribution in [1.82, 2.24) is 0 Å². The third-order valence-corrected chi connectivity index (χ3v) is 9.42. The van der Waals surface area contributed by atoms with Crippen molar-refractivity contribution in [3.05, 3.63) is 119 Å². The lowest BCUT2D eigenvalue weighted by molar-refractivity contribution is -0.121. The molecular formula is C35H34O4. The first-order chi connectivity index (χ1) is 19.0. The van der Waals surface area contributed by atoms with E-state index in [9.17, 15) is 19.5 Å². The largest absolute Gasteiger partial charge is 0.511 e. The lowest BCUT2D eigenvalue weighted by Crippen LogP contribution is -2.26. The molecule has 2 aromatic carbocycles. The van der Waals surface area contributed by atoms with Gasteiger partial charge in [-0.2, -0.15) is 0 Å². The Morgan fingerprint density at radius 3 is 1.74 bits per heavy atom. The van der Waals surface area contributed by atoms with Gasteiger partial charge in [0.1, 0.15) is 5.76 Å². The fourth-order valence-corrected chi connectivity index (χ4v) is 7.36. The Bertz CT molecular complexity index is 1390. The van der Waals surface area contributed by atoms with Gasteiger partial charge in [0.25, 0.3) is 0 Å². The van der Waals surface area contributed by atoms with E-state index in [2.05, 4.69) is 24.3 Å². The highest BCUT2D eigenvalue weighted by Crippen LogP contribution is 2.48. The minimum Gasteiger partial charge on any atom is -0.511 e. The molecule has 6 rings (SSSR count). The zero-order valence-electron chi connectivity index (χ0n) is 22.0. The van der Waals surface area contributed by atoms with Gasteiger partial charge in [0.15, 0.2) is 17.3 Å². The number of benzene rings is 2. The fraction of sp³-hybridized carbons (Fsp3) is 0.343. The van der Waals surface area contributed by atoms with E-state index in [1.807, 2.05) is 36.4 Å². The monoisotopic (exact) mass is 518 g/mol. The van der Waals surface area contributed by atoms with Crippen molar-refractivity contribution in [3.63, 3.8) is 0 Å². The highest BCUT2D eigenvalue weighted by atomic mass is 16.3. The Morgan fingerprint density at radius 2 is 1.13 bits per heavy atom. The summed E-state index contributed by atoms with van der Waals surface area (Å²) in [5.74, 6) is 0.116. The zero-order valence-corrected chi connectivity index (χ0v) is 22.0. The van der Waals surface area contributed by atoms with Crippen LogP contribution in [0.4, 0.5) is 0 Å². The molecule has 0 bridgehead atoms. The number of aliphatic hydroxyl groups excluding tert-OH is 1. The molecule has 2 aromatic rings. The van der Waals surface area contributed by atoms with Crippen LogP contribution in [-0.2, 0) is 14.4 Å². The van der Waals surface area contributed by atoms with E-state index < -0.39 is 0 Å². The molecule has 4 aliphatic carbocycles. The maximum absolute atomic E-state index is 13.1. The number of Topliss-reactive ketones (excluding diaryl/α,β-unsaturated/α-hetero) is 3. The third kappa shape index (κ3) is 4.78. The second kappa shape index (κ2) is 10.8. The molecule has 0 aromatic heterocycles. The first-order valence-corrected chi connectivity index (χ1v) is 14.2. The summed E-state index contributed by atoms with van der Waals surface area (Å²) in [6.45, 7) is 0. The number of rotatable bonds is 5. The van der Waals surface area contributed by atoms with Gasteiger partial charge < -0.3 is 5.11 Å². The molecule has 0 heterocycles. The highest BCUT2D eigenvalue weighted by molar-refractivity contribution is 6.27. The van der Waals surface area contributed by atoms with Gasteiger partial charge >= 0.3 is 0 Å². The number of ketones is 3. The number of carbonyl (C=O) groups is 3. The summed E-state index contributed by atoms with van der Waals surface area (Å²) in [4.78, 5) is 39.2. The number of hydrogen-bond acceptors (Lipinski definition) is 4.